The van der Waals surface area contributed by atoms with Crippen LogP contribution in [0.25, 0.3) is 5.57 Å². The maximum absolute atomic E-state index is 4.19. The fraction of sp³-hybridized carbons (Fsp3) is 0.346. The van der Waals surface area contributed by atoms with E-state index in [0.29, 0.717) is 0 Å². The summed E-state index contributed by atoms with van der Waals surface area (Å²) < 4.78 is 0. The monoisotopic (exact) mass is 374 g/mol. The number of anilines is 1. The fourth-order valence-corrected chi connectivity index (χ4v) is 2.89. The summed E-state index contributed by atoms with van der Waals surface area (Å²) in [5.74, 6) is 0. The Morgan fingerprint density at radius 1 is 1.11 bits per heavy atom. The molecule has 1 N–H and O–H groups in total. The molecule has 0 aliphatic rings. The molecule has 1 heterocycles. The first-order valence-electron chi connectivity index (χ1n) is 9.99. The first kappa shape index (κ1) is 21.7. The maximum Gasteiger partial charge on any atom is 0.0566 e. The Morgan fingerprint density at radius 2 is 1.86 bits per heavy atom. The second kappa shape index (κ2) is 9.05. The van der Waals surface area contributed by atoms with Gasteiger partial charge in [-0.2, -0.15) is 0 Å². The van der Waals surface area contributed by atoms with Crippen LogP contribution in [0.2, 0.25) is 0 Å². The number of hydrogen-bond acceptors (Lipinski definition) is 2. The highest BCUT2D eigenvalue weighted by atomic mass is 14.9. The van der Waals surface area contributed by atoms with Crippen molar-refractivity contribution < 1.29 is 0 Å². The molecular formula is C26H34N2. The van der Waals surface area contributed by atoms with E-state index in [-0.39, 0.29) is 10.8 Å². The fourth-order valence-electron chi connectivity index (χ4n) is 2.89. The quantitative estimate of drug-likeness (QED) is 0.511. The van der Waals surface area contributed by atoms with E-state index in [0.717, 1.165) is 17.7 Å². The molecular weight excluding hydrogens is 340 g/mol. The summed E-state index contributed by atoms with van der Waals surface area (Å²) in [7, 11) is 0. The molecule has 2 nitrogen and oxygen atoms in total. The zero-order valence-electron chi connectivity index (χ0n) is 18.2. The lowest BCUT2D eigenvalue weighted by Crippen LogP contribution is -2.12. The molecule has 0 unspecified atom stereocenters. The van der Waals surface area contributed by atoms with Gasteiger partial charge in [-0.3, -0.25) is 4.98 Å². The Morgan fingerprint density at radius 3 is 2.43 bits per heavy atom. The summed E-state index contributed by atoms with van der Waals surface area (Å²) >= 11 is 0. The summed E-state index contributed by atoms with van der Waals surface area (Å²) in [6.45, 7) is 17.5. The third kappa shape index (κ3) is 5.69. The number of hydrogen-bond donors (Lipinski definition) is 1. The highest BCUT2D eigenvalue weighted by Crippen LogP contribution is 2.34. The van der Waals surface area contributed by atoms with Gasteiger partial charge in [0.2, 0.25) is 0 Å². The summed E-state index contributed by atoms with van der Waals surface area (Å²) in [4.78, 5) is 4.19. The molecule has 0 atom stereocenters. The van der Waals surface area contributed by atoms with Crippen LogP contribution in [0.4, 0.5) is 5.69 Å². The van der Waals surface area contributed by atoms with Gasteiger partial charge in [0.05, 0.1) is 11.9 Å². The Balaban J connectivity index is 2.55. The number of nitrogens with one attached hydrogen (secondary N) is 1. The molecule has 0 spiro atoms. The van der Waals surface area contributed by atoms with Gasteiger partial charge in [-0.1, -0.05) is 78.5 Å². The van der Waals surface area contributed by atoms with E-state index in [4.69, 9.17) is 0 Å². The Labute approximate surface area is 171 Å². The van der Waals surface area contributed by atoms with Gasteiger partial charge in [-0.05, 0) is 57.7 Å². The lowest BCUT2D eigenvalue weighted by Gasteiger charge is -2.25. The zero-order chi connectivity index (χ0) is 20.8. The Kier molecular flexibility index (Phi) is 7.01. The summed E-state index contributed by atoms with van der Waals surface area (Å²) in [5.41, 5.74) is 6.01. The molecule has 0 saturated carbocycles. The van der Waals surface area contributed by atoms with Gasteiger partial charge in [0.1, 0.15) is 0 Å². The summed E-state index contributed by atoms with van der Waals surface area (Å²) in [6, 6.07) is 12.7. The summed E-state index contributed by atoms with van der Waals surface area (Å²) in [5, 5.41) is 3.40. The molecule has 28 heavy (non-hydrogen) atoms. The zero-order valence-corrected chi connectivity index (χ0v) is 18.2. The van der Waals surface area contributed by atoms with Crippen molar-refractivity contribution in [2.24, 2.45) is 5.41 Å². The second-order valence-electron chi connectivity index (χ2n) is 8.86. The van der Waals surface area contributed by atoms with Gasteiger partial charge in [-0.25, -0.2) is 0 Å². The van der Waals surface area contributed by atoms with Gasteiger partial charge in [0.15, 0.2) is 0 Å². The van der Waals surface area contributed by atoms with E-state index >= 15 is 0 Å². The third-order valence-electron chi connectivity index (χ3n) is 5.31. The van der Waals surface area contributed by atoms with Crippen molar-refractivity contribution in [3.63, 3.8) is 0 Å². The SMILES string of the molecule is C=C/C(=C\C(=C\Nc1cccnc1)c1cccc(C(C)(C)C)c1)C(C)(C)CC. The first-order chi connectivity index (χ1) is 13.2. The number of benzene rings is 1. The normalized spacial score (nSPS) is 13.4. The topological polar surface area (TPSA) is 24.9 Å². The lowest BCUT2D eigenvalue weighted by atomic mass is 9.80. The molecule has 1 aromatic carbocycles. The molecule has 2 rings (SSSR count). The van der Waals surface area contributed by atoms with Crippen molar-refractivity contribution in [2.45, 2.75) is 53.4 Å². The maximum atomic E-state index is 4.19. The number of pyridine rings is 1. The largest absolute Gasteiger partial charge is 0.360 e. The minimum atomic E-state index is 0.0662. The Hall–Kier alpha value is -2.61. The summed E-state index contributed by atoms with van der Waals surface area (Å²) in [6.07, 6.45) is 11.0. The van der Waals surface area contributed by atoms with Crippen LogP contribution in [0.1, 0.15) is 59.1 Å². The van der Waals surface area contributed by atoms with Crippen LogP contribution in [0.15, 0.2) is 79.3 Å². The predicted octanol–water partition coefficient (Wildman–Crippen LogP) is 7.38. The van der Waals surface area contributed by atoms with Gasteiger partial charge in [0.25, 0.3) is 0 Å². The molecule has 0 aliphatic heterocycles. The van der Waals surface area contributed by atoms with Gasteiger partial charge in [-0.15, -0.1) is 0 Å². The van der Waals surface area contributed by atoms with E-state index in [2.05, 4.69) is 95.0 Å². The van der Waals surface area contributed by atoms with Crippen molar-refractivity contribution >= 4 is 11.3 Å². The van der Waals surface area contributed by atoms with Crippen LogP contribution in [0.5, 0.6) is 0 Å². The third-order valence-corrected chi connectivity index (χ3v) is 5.31. The van der Waals surface area contributed by atoms with E-state index in [1.54, 1.807) is 6.20 Å². The predicted molar refractivity (Wildman–Crippen MR) is 123 cm³/mol. The molecule has 0 aliphatic carbocycles. The van der Waals surface area contributed by atoms with Crippen LogP contribution in [0, 0.1) is 5.41 Å². The number of aromatic nitrogens is 1. The van der Waals surface area contributed by atoms with Gasteiger partial charge < -0.3 is 5.32 Å². The van der Waals surface area contributed by atoms with Crippen molar-refractivity contribution in [1.29, 1.82) is 0 Å². The van der Waals surface area contributed by atoms with E-state index in [1.807, 2.05) is 24.4 Å². The highest BCUT2D eigenvalue weighted by molar-refractivity contribution is 5.77. The number of rotatable bonds is 7. The van der Waals surface area contributed by atoms with E-state index < -0.39 is 0 Å². The van der Waals surface area contributed by atoms with Crippen LogP contribution >= 0.6 is 0 Å². The molecule has 148 valence electrons. The Bertz CT molecular complexity index is 850. The standard InChI is InChI=1S/C26H34N2/c1-8-22(26(6,7)9-2)17-21(18-28-24-14-11-15-27-19-24)20-12-10-13-23(16-20)25(3,4)5/h8,10-19,28H,1,9H2,2-7H3/b21-18-,22-17+. The van der Waals surface area contributed by atoms with Crippen LogP contribution in [-0.2, 0) is 5.41 Å². The second-order valence-corrected chi connectivity index (χ2v) is 8.86. The van der Waals surface area contributed by atoms with Crippen molar-refractivity contribution in [3.05, 3.63) is 90.4 Å². The van der Waals surface area contributed by atoms with Crippen molar-refractivity contribution in [2.75, 3.05) is 5.32 Å². The van der Waals surface area contributed by atoms with Gasteiger partial charge >= 0.3 is 0 Å². The number of allylic oxidation sites excluding steroid dienone is 4. The molecule has 0 fully saturated rings. The molecule has 2 heteroatoms. The van der Waals surface area contributed by atoms with Gasteiger partial charge in [0, 0.05) is 12.4 Å². The first-order valence-corrected chi connectivity index (χ1v) is 9.99. The average Bonchev–Trinajstić information content (AvgIpc) is 2.68. The van der Waals surface area contributed by atoms with Crippen molar-refractivity contribution in [1.82, 2.24) is 4.98 Å². The molecule has 0 amide bonds. The van der Waals surface area contributed by atoms with Crippen LogP contribution in [-0.4, -0.2) is 4.98 Å². The molecule has 1 aromatic heterocycles. The molecule has 0 saturated heterocycles. The number of nitrogens with zero attached hydrogens (tertiary/aromatic N) is 1. The van der Waals surface area contributed by atoms with Crippen LogP contribution in [0.3, 0.4) is 0 Å². The minimum Gasteiger partial charge on any atom is -0.360 e. The smallest absolute Gasteiger partial charge is 0.0566 e. The lowest BCUT2D eigenvalue weighted by molar-refractivity contribution is 0.440. The average molecular weight is 375 g/mol. The van der Waals surface area contributed by atoms with Crippen LogP contribution < -0.4 is 5.32 Å². The highest BCUT2D eigenvalue weighted by Gasteiger charge is 2.20. The molecule has 2 aromatic rings. The van der Waals surface area contributed by atoms with Crippen molar-refractivity contribution in [3.8, 4) is 0 Å². The van der Waals surface area contributed by atoms with E-state index in [9.17, 15) is 0 Å². The molecule has 0 bridgehead atoms. The van der Waals surface area contributed by atoms with E-state index in [1.165, 1.54) is 16.7 Å². The minimum absolute atomic E-state index is 0.0662. The molecule has 0 radical (unpaired) electrons.